The number of hydrogen-bond donors (Lipinski definition) is 1. The largest absolute Gasteiger partial charge is 0.416 e. The fourth-order valence-electron chi connectivity index (χ4n) is 3.36. The number of benzene rings is 3. The summed E-state index contributed by atoms with van der Waals surface area (Å²) in [7, 11) is 0. The number of hydrogen-bond acceptors (Lipinski definition) is 2. The predicted octanol–water partition coefficient (Wildman–Crippen LogP) is 6.19. The van der Waals surface area contributed by atoms with Crippen molar-refractivity contribution in [2.45, 2.75) is 13.1 Å². The van der Waals surface area contributed by atoms with Crippen LogP contribution in [0.25, 0.3) is 11.3 Å². The van der Waals surface area contributed by atoms with E-state index in [1.807, 2.05) is 43.3 Å². The zero-order valence-electron chi connectivity index (χ0n) is 15.0. The molecule has 0 fully saturated rings. The molecule has 0 aromatic heterocycles. The van der Waals surface area contributed by atoms with Gasteiger partial charge >= 0.3 is 6.18 Å². The van der Waals surface area contributed by atoms with E-state index in [1.165, 1.54) is 12.1 Å². The van der Waals surface area contributed by atoms with Crippen molar-refractivity contribution in [3.8, 4) is 0 Å². The molecule has 0 saturated heterocycles. The highest BCUT2D eigenvalue weighted by Crippen LogP contribution is 2.40. The molecule has 0 amide bonds. The quantitative estimate of drug-likeness (QED) is 0.588. The van der Waals surface area contributed by atoms with Gasteiger partial charge in [-0.05, 0) is 36.2 Å². The first-order valence-electron chi connectivity index (χ1n) is 8.75. The number of carbonyl (C=O) groups excluding carboxylic acids is 1. The number of fused-ring (bicyclic) bond motifs is 1. The molecule has 4 rings (SSSR count). The normalized spacial score (nSPS) is 13.6. The lowest BCUT2D eigenvalue weighted by Gasteiger charge is -2.14. The van der Waals surface area contributed by atoms with Crippen molar-refractivity contribution in [3.63, 3.8) is 0 Å². The molecule has 1 aliphatic rings. The van der Waals surface area contributed by atoms with E-state index in [9.17, 15) is 18.0 Å². The Kier molecular flexibility index (Phi) is 4.30. The highest BCUT2D eigenvalue weighted by molar-refractivity contribution is 6.40. The number of Topliss-reactive ketones (excluding diaryl/α,β-unsaturated/α-hetero) is 1. The van der Waals surface area contributed by atoms with Crippen LogP contribution in [0.15, 0.2) is 72.8 Å². The van der Waals surface area contributed by atoms with Crippen molar-refractivity contribution >= 4 is 22.7 Å². The zero-order valence-corrected chi connectivity index (χ0v) is 15.0. The summed E-state index contributed by atoms with van der Waals surface area (Å²) >= 11 is 0. The first kappa shape index (κ1) is 18.0. The highest BCUT2D eigenvalue weighted by Gasteiger charge is 2.33. The molecule has 0 heterocycles. The minimum absolute atomic E-state index is 0.202. The second-order valence-electron chi connectivity index (χ2n) is 6.64. The summed E-state index contributed by atoms with van der Waals surface area (Å²) < 4.78 is 38.7. The Morgan fingerprint density at radius 2 is 1.39 bits per heavy atom. The van der Waals surface area contributed by atoms with Crippen molar-refractivity contribution in [2.24, 2.45) is 0 Å². The lowest BCUT2D eigenvalue weighted by Crippen LogP contribution is -2.06. The molecule has 5 heteroatoms. The molecule has 1 N–H and O–H groups in total. The maximum absolute atomic E-state index is 13.0. The molecule has 0 unspecified atom stereocenters. The van der Waals surface area contributed by atoms with Crippen LogP contribution in [-0.2, 0) is 6.18 Å². The van der Waals surface area contributed by atoms with Crippen molar-refractivity contribution in [2.75, 3.05) is 5.32 Å². The van der Waals surface area contributed by atoms with Crippen LogP contribution in [0, 0.1) is 6.92 Å². The van der Waals surface area contributed by atoms with Gasteiger partial charge in [-0.2, -0.15) is 13.2 Å². The number of halogens is 3. The van der Waals surface area contributed by atoms with Gasteiger partial charge in [0.1, 0.15) is 0 Å². The van der Waals surface area contributed by atoms with Gasteiger partial charge in [-0.3, -0.25) is 4.79 Å². The molecule has 3 aromatic rings. The minimum atomic E-state index is -4.42. The molecule has 0 bridgehead atoms. The summed E-state index contributed by atoms with van der Waals surface area (Å²) in [6.45, 7) is 1.95. The molecule has 140 valence electrons. The van der Waals surface area contributed by atoms with Crippen molar-refractivity contribution in [1.29, 1.82) is 0 Å². The van der Waals surface area contributed by atoms with E-state index in [4.69, 9.17) is 0 Å². The third kappa shape index (κ3) is 3.09. The summed E-state index contributed by atoms with van der Waals surface area (Å²) in [4.78, 5) is 13.0. The number of carbonyl (C=O) groups is 1. The average Bonchev–Trinajstić information content (AvgIpc) is 2.95. The van der Waals surface area contributed by atoms with Gasteiger partial charge in [0.25, 0.3) is 0 Å². The molecule has 0 atom stereocenters. The lowest BCUT2D eigenvalue weighted by molar-refractivity contribution is -0.137. The van der Waals surface area contributed by atoms with Crippen molar-refractivity contribution < 1.29 is 18.0 Å². The van der Waals surface area contributed by atoms with Crippen LogP contribution < -0.4 is 5.32 Å². The number of allylic oxidation sites excluding steroid dienone is 1. The zero-order chi connectivity index (χ0) is 19.9. The van der Waals surface area contributed by atoms with E-state index in [0.717, 1.165) is 28.9 Å². The van der Waals surface area contributed by atoms with E-state index in [0.29, 0.717) is 22.4 Å². The van der Waals surface area contributed by atoms with Crippen LogP contribution in [0.2, 0.25) is 0 Å². The van der Waals surface area contributed by atoms with Crippen LogP contribution in [0.3, 0.4) is 0 Å². The molecular weight excluding hydrogens is 363 g/mol. The van der Waals surface area contributed by atoms with Gasteiger partial charge in [0.05, 0.1) is 16.8 Å². The summed E-state index contributed by atoms with van der Waals surface area (Å²) in [5, 5.41) is 3.33. The molecule has 0 saturated carbocycles. The molecule has 3 aromatic carbocycles. The number of anilines is 1. The van der Waals surface area contributed by atoms with E-state index in [2.05, 4.69) is 5.32 Å². The van der Waals surface area contributed by atoms with E-state index >= 15 is 0 Å². The Hall–Kier alpha value is -3.34. The summed E-state index contributed by atoms with van der Waals surface area (Å²) in [6.07, 6.45) is -4.42. The molecule has 28 heavy (non-hydrogen) atoms. The molecule has 2 nitrogen and oxygen atoms in total. The van der Waals surface area contributed by atoms with Gasteiger partial charge in [0.2, 0.25) is 0 Å². The van der Waals surface area contributed by atoms with Crippen molar-refractivity contribution in [3.05, 3.63) is 101 Å². The fraction of sp³-hybridized carbons (Fsp3) is 0.0870. The Morgan fingerprint density at radius 3 is 2.04 bits per heavy atom. The standard InChI is InChI=1S/C23H16F3NO/c1-14-6-2-5-9-19(14)27-21-17-7-3-4-8-18(17)22(28)20(21)15-10-12-16(13-11-15)23(24,25)26/h2-13,27H,1H3. The molecule has 0 spiro atoms. The first-order chi connectivity index (χ1) is 13.4. The van der Waals surface area contributed by atoms with Gasteiger partial charge in [0.15, 0.2) is 5.78 Å². The van der Waals surface area contributed by atoms with Gasteiger partial charge in [0, 0.05) is 16.8 Å². The van der Waals surface area contributed by atoms with Crippen LogP contribution in [0.5, 0.6) is 0 Å². The number of para-hydroxylation sites is 1. The summed E-state index contributed by atoms with van der Waals surface area (Å²) in [5.74, 6) is -0.202. The maximum atomic E-state index is 13.0. The smallest absolute Gasteiger partial charge is 0.354 e. The van der Waals surface area contributed by atoms with Crippen molar-refractivity contribution in [1.82, 2.24) is 0 Å². The van der Waals surface area contributed by atoms with Gasteiger partial charge in [-0.25, -0.2) is 0 Å². The molecular formula is C23H16F3NO. The minimum Gasteiger partial charge on any atom is -0.354 e. The van der Waals surface area contributed by atoms with Gasteiger partial charge in [-0.15, -0.1) is 0 Å². The lowest BCUT2D eigenvalue weighted by atomic mass is 10.00. The third-order valence-electron chi connectivity index (χ3n) is 4.82. The van der Waals surface area contributed by atoms with E-state index in [-0.39, 0.29) is 5.78 Å². The van der Waals surface area contributed by atoms with Crippen LogP contribution in [0.1, 0.15) is 32.6 Å². The number of alkyl halides is 3. The van der Waals surface area contributed by atoms with Crippen LogP contribution in [0.4, 0.5) is 18.9 Å². The number of rotatable bonds is 3. The monoisotopic (exact) mass is 379 g/mol. The van der Waals surface area contributed by atoms with E-state index in [1.54, 1.807) is 12.1 Å². The maximum Gasteiger partial charge on any atom is 0.416 e. The predicted molar refractivity (Wildman–Crippen MR) is 104 cm³/mol. The Bertz CT molecular complexity index is 1100. The highest BCUT2D eigenvalue weighted by atomic mass is 19.4. The SMILES string of the molecule is Cc1ccccc1NC1=C(c2ccc(C(F)(F)F)cc2)C(=O)c2ccccc21. The second-order valence-corrected chi connectivity index (χ2v) is 6.64. The molecule has 1 aliphatic carbocycles. The Labute approximate surface area is 160 Å². The number of nitrogens with one attached hydrogen (secondary N) is 1. The van der Waals surface area contributed by atoms with Gasteiger partial charge < -0.3 is 5.32 Å². The second kappa shape index (κ2) is 6.68. The molecule has 0 aliphatic heterocycles. The molecule has 0 radical (unpaired) electrons. The third-order valence-corrected chi connectivity index (χ3v) is 4.82. The Balaban J connectivity index is 1.86. The van der Waals surface area contributed by atoms with E-state index < -0.39 is 11.7 Å². The first-order valence-corrected chi connectivity index (χ1v) is 8.75. The van der Waals surface area contributed by atoms with Crippen LogP contribution in [-0.4, -0.2) is 5.78 Å². The topological polar surface area (TPSA) is 29.1 Å². The summed E-state index contributed by atoms with van der Waals surface area (Å²) in [6, 6.07) is 19.5. The fourth-order valence-corrected chi connectivity index (χ4v) is 3.36. The number of ketones is 1. The Morgan fingerprint density at radius 1 is 0.786 bits per heavy atom. The van der Waals surface area contributed by atoms with Gasteiger partial charge in [-0.1, -0.05) is 54.6 Å². The number of aryl methyl sites for hydroxylation is 1. The van der Waals surface area contributed by atoms with Crippen LogP contribution >= 0.6 is 0 Å². The summed E-state index contributed by atoms with van der Waals surface area (Å²) in [5.41, 5.74) is 3.80. The average molecular weight is 379 g/mol.